The Labute approximate surface area is 117 Å². The molecule has 1 unspecified atom stereocenters. The zero-order valence-electron chi connectivity index (χ0n) is 10.8. The number of sulfonamides is 1. The van der Waals surface area contributed by atoms with Crippen LogP contribution >= 0.6 is 15.9 Å². The van der Waals surface area contributed by atoms with E-state index in [0.29, 0.717) is 22.6 Å². The van der Waals surface area contributed by atoms with E-state index < -0.39 is 10.0 Å². The summed E-state index contributed by atoms with van der Waals surface area (Å²) in [5, 5.41) is 0. The highest BCUT2D eigenvalue weighted by atomic mass is 79.9. The van der Waals surface area contributed by atoms with Crippen LogP contribution in [0.15, 0.2) is 27.6 Å². The maximum atomic E-state index is 12.0. The van der Waals surface area contributed by atoms with Crippen LogP contribution in [0.4, 0.5) is 5.69 Å². The van der Waals surface area contributed by atoms with Gasteiger partial charge in [-0.05, 0) is 46.0 Å². The molecule has 18 heavy (non-hydrogen) atoms. The SMILES string of the molecule is CC(C)C(C)CNS(=O)(=O)c1ccc(N)c(Br)c1. The Morgan fingerprint density at radius 3 is 2.44 bits per heavy atom. The second-order valence-corrected chi connectivity index (χ2v) is 7.38. The molecule has 0 fully saturated rings. The molecule has 0 bridgehead atoms. The van der Waals surface area contributed by atoms with Gasteiger partial charge in [-0.15, -0.1) is 0 Å². The predicted octanol–water partition coefficient (Wildman–Crippen LogP) is 2.60. The summed E-state index contributed by atoms with van der Waals surface area (Å²) in [5.41, 5.74) is 6.15. The van der Waals surface area contributed by atoms with Gasteiger partial charge in [0.15, 0.2) is 0 Å². The molecule has 0 aliphatic heterocycles. The van der Waals surface area contributed by atoms with Gasteiger partial charge in [0.05, 0.1) is 4.90 Å². The van der Waals surface area contributed by atoms with E-state index in [9.17, 15) is 8.42 Å². The molecule has 6 heteroatoms. The molecule has 102 valence electrons. The normalized spacial score (nSPS) is 13.8. The summed E-state index contributed by atoms with van der Waals surface area (Å²) < 4.78 is 27.3. The number of nitrogens with two attached hydrogens (primary N) is 1. The Balaban J connectivity index is 2.83. The number of nitrogen functional groups attached to an aromatic ring is 1. The first-order valence-corrected chi connectivity index (χ1v) is 8.06. The van der Waals surface area contributed by atoms with Gasteiger partial charge in [-0.3, -0.25) is 0 Å². The molecule has 4 nitrogen and oxygen atoms in total. The average molecular weight is 335 g/mol. The zero-order chi connectivity index (χ0) is 13.9. The number of halogens is 1. The Kier molecular flexibility index (Phi) is 5.19. The minimum Gasteiger partial charge on any atom is -0.398 e. The Morgan fingerprint density at radius 2 is 1.94 bits per heavy atom. The maximum absolute atomic E-state index is 12.0. The van der Waals surface area contributed by atoms with Crippen molar-refractivity contribution in [3.05, 3.63) is 22.7 Å². The van der Waals surface area contributed by atoms with Crippen molar-refractivity contribution in [3.63, 3.8) is 0 Å². The molecule has 0 saturated heterocycles. The van der Waals surface area contributed by atoms with Crippen molar-refractivity contribution in [2.75, 3.05) is 12.3 Å². The van der Waals surface area contributed by atoms with Crippen LogP contribution in [-0.2, 0) is 10.0 Å². The molecule has 0 heterocycles. The first-order chi connectivity index (χ1) is 8.24. The van der Waals surface area contributed by atoms with Crippen LogP contribution in [0.5, 0.6) is 0 Å². The van der Waals surface area contributed by atoms with Crippen molar-refractivity contribution in [2.24, 2.45) is 11.8 Å². The van der Waals surface area contributed by atoms with Gasteiger partial charge in [-0.1, -0.05) is 20.8 Å². The van der Waals surface area contributed by atoms with Crippen LogP contribution in [0.2, 0.25) is 0 Å². The molecule has 0 aromatic heterocycles. The summed E-state index contributed by atoms with van der Waals surface area (Å²) in [6.45, 7) is 6.59. The van der Waals surface area contributed by atoms with Gasteiger partial charge >= 0.3 is 0 Å². The van der Waals surface area contributed by atoms with E-state index in [2.05, 4.69) is 34.5 Å². The van der Waals surface area contributed by atoms with E-state index >= 15 is 0 Å². The summed E-state index contributed by atoms with van der Waals surface area (Å²) in [7, 11) is -3.46. The third-order valence-corrected chi connectivity index (χ3v) is 5.12. The first-order valence-electron chi connectivity index (χ1n) is 5.78. The van der Waals surface area contributed by atoms with Gasteiger partial charge in [0.1, 0.15) is 0 Å². The number of hydrogen-bond acceptors (Lipinski definition) is 3. The van der Waals surface area contributed by atoms with E-state index in [-0.39, 0.29) is 10.8 Å². The first kappa shape index (κ1) is 15.5. The zero-order valence-corrected chi connectivity index (χ0v) is 13.2. The molecule has 0 radical (unpaired) electrons. The van der Waals surface area contributed by atoms with Crippen molar-refractivity contribution in [3.8, 4) is 0 Å². The molecule has 1 rings (SSSR count). The lowest BCUT2D eigenvalue weighted by molar-refractivity contribution is 0.414. The Morgan fingerprint density at radius 1 is 1.33 bits per heavy atom. The summed E-state index contributed by atoms with van der Waals surface area (Å²) in [4.78, 5) is 0.222. The lowest BCUT2D eigenvalue weighted by Crippen LogP contribution is -2.30. The minimum atomic E-state index is -3.46. The molecule has 0 spiro atoms. The molecule has 1 atom stereocenters. The second kappa shape index (κ2) is 6.04. The fourth-order valence-corrected chi connectivity index (χ4v) is 2.93. The lowest BCUT2D eigenvalue weighted by Gasteiger charge is -2.16. The highest BCUT2D eigenvalue weighted by molar-refractivity contribution is 9.10. The van der Waals surface area contributed by atoms with Crippen LogP contribution in [0.25, 0.3) is 0 Å². The van der Waals surface area contributed by atoms with Crippen molar-refractivity contribution in [1.82, 2.24) is 4.72 Å². The van der Waals surface area contributed by atoms with E-state index in [1.165, 1.54) is 12.1 Å². The summed E-state index contributed by atoms with van der Waals surface area (Å²) in [6.07, 6.45) is 0. The lowest BCUT2D eigenvalue weighted by atomic mass is 9.99. The van der Waals surface area contributed by atoms with Crippen LogP contribution in [-0.4, -0.2) is 15.0 Å². The molecule has 0 aliphatic rings. The average Bonchev–Trinajstić information content (AvgIpc) is 2.29. The predicted molar refractivity (Wildman–Crippen MR) is 77.7 cm³/mol. The molecule has 1 aromatic rings. The number of nitrogens with one attached hydrogen (secondary N) is 1. The smallest absolute Gasteiger partial charge is 0.240 e. The molecule has 0 saturated carbocycles. The van der Waals surface area contributed by atoms with Crippen LogP contribution in [0, 0.1) is 11.8 Å². The Hall–Kier alpha value is -0.590. The third-order valence-electron chi connectivity index (χ3n) is 3.02. The van der Waals surface area contributed by atoms with Gasteiger partial charge in [-0.25, -0.2) is 13.1 Å². The van der Waals surface area contributed by atoms with Crippen LogP contribution in [0.3, 0.4) is 0 Å². The monoisotopic (exact) mass is 334 g/mol. The molecule has 0 aliphatic carbocycles. The summed E-state index contributed by atoms with van der Waals surface area (Å²) in [6, 6.07) is 4.59. The highest BCUT2D eigenvalue weighted by Crippen LogP contribution is 2.23. The second-order valence-electron chi connectivity index (χ2n) is 4.76. The molecular formula is C12H19BrN2O2S. The maximum Gasteiger partial charge on any atom is 0.240 e. The van der Waals surface area contributed by atoms with E-state index in [1.54, 1.807) is 6.07 Å². The van der Waals surface area contributed by atoms with Gasteiger partial charge < -0.3 is 5.73 Å². The highest BCUT2D eigenvalue weighted by Gasteiger charge is 2.17. The van der Waals surface area contributed by atoms with Crippen LogP contribution < -0.4 is 10.5 Å². The van der Waals surface area contributed by atoms with E-state index in [4.69, 9.17) is 5.73 Å². The Bertz CT molecular complexity index is 515. The molecular weight excluding hydrogens is 316 g/mol. The van der Waals surface area contributed by atoms with Crippen molar-refractivity contribution in [1.29, 1.82) is 0 Å². The van der Waals surface area contributed by atoms with Crippen LogP contribution in [0.1, 0.15) is 20.8 Å². The fourth-order valence-electron chi connectivity index (χ4n) is 1.24. The van der Waals surface area contributed by atoms with E-state index in [1.807, 2.05) is 6.92 Å². The summed E-state index contributed by atoms with van der Waals surface area (Å²) >= 11 is 3.22. The standard InChI is InChI=1S/C12H19BrN2O2S/c1-8(2)9(3)7-15-18(16,17)10-4-5-12(14)11(13)6-10/h4-6,8-9,15H,7,14H2,1-3H3. The summed E-state index contributed by atoms with van der Waals surface area (Å²) in [5.74, 6) is 0.725. The van der Waals surface area contributed by atoms with Gasteiger partial charge in [0.2, 0.25) is 10.0 Å². The quantitative estimate of drug-likeness (QED) is 0.813. The molecule has 3 N–H and O–H groups in total. The molecule has 0 amide bonds. The fraction of sp³-hybridized carbons (Fsp3) is 0.500. The van der Waals surface area contributed by atoms with Gasteiger partial charge in [0.25, 0.3) is 0 Å². The van der Waals surface area contributed by atoms with Gasteiger partial charge in [0, 0.05) is 16.7 Å². The van der Waals surface area contributed by atoms with E-state index in [0.717, 1.165) is 0 Å². The van der Waals surface area contributed by atoms with Crippen molar-refractivity contribution < 1.29 is 8.42 Å². The topological polar surface area (TPSA) is 72.2 Å². The number of anilines is 1. The van der Waals surface area contributed by atoms with Crippen molar-refractivity contribution >= 4 is 31.6 Å². The minimum absolute atomic E-state index is 0.222. The van der Waals surface area contributed by atoms with Gasteiger partial charge in [-0.2, -0.15) is 0 Å². The van der Waals surface area contributed by atoms with Crippen molar-refractivity contribution in [2.45, 2.75) is 25.7 Å². The largest absolute Gasteiger partial charge is 0.398 e. The number of rotatable bonds is 5. The number of hydrogen-bond donors (Lipinski definition) is 2. The molecule has 1 aromatic carbocycles. The third kappa shape index (κ3) is 3.96. The number of benzene rings is 1.